The molecule has 2 aliphatic heterocycles. The second-order valence-corrected chi connectivity index (χ2v) is 6.49. The van der Waals surface area contributed by atoms with Gasteiger partial charge in [0.1, 0.15) is 0 Å². The molecule has 3 heterocycles. The van der Waals surface area contributed by atoms with E-state index in [4.69, 9.17) is 14.0 Å². The Morgan fingerprint density at radius 2 is 2.04 bits per heavy atom. The zero-order valence-electron chi connectivity index (χ0n) is 13.1. The summed E-state index contributed by atoms with van der Waals surface area (Å²) < 4.78 is 16.0. The molecule has 124 valence electrons. The third-order valence-corrected chi connectivity index (χ3v) is 4.82. The van der Waals surface area contributed by atoms with Crippen molar-refractivity contribution in [2.45, 2.75) is 37.6 Å². The van der Waals surface area contributed by atoms with E-state index in [1.165, 1.54) is 0 Å². The van der Waals surface area contributed by atoms with E-state index in [0.717, 1.165) is 25.7 Å². The fraction of sp³-hybridized carbons (Fsp3) is 0.471. The van der Waals surface area contributed by atoms with Gasteiger partial charge in [-0.25, -0.2) is 0 Å². The molecule has 2 fully saturated rings. The second-order valence-electron chi connectivity index (χ2n) is 6.49. The van der Waals surface area contributed by atoms with Gasteiger partial charge in [0, 0.05) is 18.0 Å². The maximum absolute atomic E-state index is 12.9. The molecular formula is C17H17N3O4. The average Bonchev–Trinajstić information content (AvgIpc) is 3.06. The van der Waals surface area contributed by atoms with Crippen molar-refractivity contribution in [2.75, 3.05) is 13.3 Å². The van der Waals surface area contributed by atoms with Crippen LogP contribution in [0.25, 0.3) is 0 Å². The Hall–Kier alpha value is -2.57. The molecule has 1 saturated carbocycles. The van der Waals surface area contributed by atoms with Crippen LogP contribution in [0, 0.1) is 0 Å². The van der Waals surface area contributed by atoms with Crippen LogP contribution in [0.1, 0.15) is 59.7 Å². The molecule has 1 aromatic heterocycles. The lowest BCUT2D eigenvalue weighted by Gasteiger charge is -2.22. The summed E-state index contributed by atoms with van der Waals surface area (Å²) in [7, 11) is 0. The van der Waals surface area contributed by atoms with Gasteiger partial charge < -0.3 is 18.9 Å². The van der Waals surface area contributed by atoms with Gasteiger partial charge >= 0.3 is 0 Å². The third-order valence-electron chi connectivity index (χ3n) is 4.82. The lowest BCUT2D eigenvalue weighted by Crippen LogP contribution is -2.31. The molecule has 7 nitrogen and oxygen atoms in total. The van der Waals surface area contributed by atoms with Crippen LogP contribution in [0.3, 0.4) is 0 Å². The Bertz CT molecular complexity index is 799. The summed E-state index contributed by atoms with van der Waals surface area (Å²) in [4.78, 5) is 19.3. The molecule has 7 heteroatoms. The second kappa shape index (κ2) is 5.22. The van der Waals surface area contributed by atoms with E-state index in [0.29, 0.717) is 41.2 Å². The highest BCUT2D eigenvalue weighted by Crippen LogP contribution is 2.40. The first-order valence-electron chi connectivity index (χ1n) is 8.34. The van der Waals surface area contributed by atoms with E-state index >= 15 is 0 Å². The van der Waals surface area contributed by atoms with Crippen molar-refractivity contribution in [3.05, 3.63) is 35.5 Å². The molecule has 1 atom stereocenters. The van der Waals surface area contributed by atoms with E-state index in [2.05, 4.69) is 10.1 Å². The third kappa shape index (κ3) is 2.23. The van der Waals surface area contributed by atoms with Crippen molar-refractivity contribution in [3.8, 4) is 11.5 Å². The maximum Gasteiger partial charge on any atom is 0.254 e. The van der Waals surface area contributed by atoms with Crippen LogP contribution in [0.2, 0.25) is 0 Å². The predicted octanol–water partition coefficient (Wildman–Crippen LogP) is 2.65. The van der Waals surface area contributed by atoms with E-state index in [1.54, 1.807) is 18.2 Å². The van der Waals surface area contributed by atoms with Gasteiger partial charge in [0.15, 0.2) is 17.3 Å². The quantitative estimate of drug-likeness (QED) is 0.862. The van der Waals surface area contributed by atoms with Crippen LogP contribution in [0.4, 0.5) is 0 Å². The van der Waals surface area contributed by atoms with Crippen LogP contribution in [-0.2, 0) is 0 Å². The summed E-state index contributed by atoms with van der Waals surface area (Å²) >= 11 is 0. The molecule has 1 aromatic carbocycles. The summed E-state index contributed by atoms with van der Waals surface area (Å²) in [6, 6.07) is 5.18. The molecule has 0 spiro atoms. The van der Waals surface area contributed by atoms with Gasteiger partial charge in [-0.1, -0.05) is 5.16 Å². The number of amides is 1. The first-order valence-corrected chi connectivity index (χ1v) is 8.34. The smallest absolute Gasteiger partial charge is 0.254 e. The highest BCUT2D eigenvalue weighted by molar-refractivity contribution is 5.95. The van der Waals surface area contributed by atoms with Gasteiger partial charge in [-0.3, -0.25) is 4.79 Å². The van der Waals surface area contributed by atoms with E-state index < -0.39 is 0 Å². The molecule has 0 N–H and O–H groups in total. The number of benzene rings is 1. The molecule has 2 aromatic rings. The Kier molecular flexibility index (Phi) is 3.01. The van der Waals surface area contributed by atoms with Crippen molar-refractivity contribution < 1.29 is 18.8 Å². The summed E-state index contributed by atoms with van der Waals surface area (Å²) in [5.41, 5.74) is 0.595. The van der Waals surface area contributed by atoms with Crippen molar-refractivity contribution in [1.29, 1.82) is 0 Å². The minimum atomic E-state index is -0.112. The Morgan fingerprint density at radius 3 is 2.92 bits per heavy atom. The molecule has 1 unspecified atom stereocenters. The topological polar surface area (TPSA) is 77.7 Å². The average molecular weight is 327 g/mol. The molecule has 1 aliphatic carbocycles. The van der Waals surface area contributed by atoms with Gasteiger partial charge in [-0.15, -0.1) is 0 Å². The van der Waals surface area contributed by atoms with Gasteiger partial charge in [-0.05, 0) is 43.9 Å². The fourth-order valence-electron chi connectivity index (χ4n) is 3.35. The lowest BCUT2D eigenvalue weighted by atomic mass is 10.1. The SMILES string of the molecule is O=C(c1ccc2c(c1)OCO2)N1CCCC1c1noc(C2CC2)n1. The van der Waals surface area contributed by atoms with Crippen LogP contribution < -0.4 is 9.47 Å². The summed E-state index contributed by atoms with van der Waals surface area (Å²) in [6.07, 6.45) is 4.03. The minimum Gasteiger partial charge on any atom is -0.454 e. The molecule has 1 amide bonds. The van der Waals surface area contributed by atoms with Crippen LogP contribution in [-0.4, -0.2) is 34.3 Å². The van der Waals surface area contributed by atoms with Crippen molar-refractivity contribution >= 4 is 5.91 Å². The van der Waals surface area contributed by atoms with Crippen LogP contribution >= 0.6 is 0 Å². The standard InChI is InChI=1S/C17H17N3O4/c21-17(11-5-6-13-14(8-11)23-9-22-13)20-7-1-2-12(20)15-18-16(24-19-15)10-3-4-10/h5-6,8,10,12H,1-4,7,9H2. The number of carbonyl (C=O) groups is 1. The van der Waals surface area contributed by atoms with Gasteiger partial charge in [0.05, 0.1) is 6.04 Å². The number of carbonyl (C=O) groups excluding carboxylic acids is 1. The molecule has 24 heavy (non-hydrogen) atoms. The van der Waals surface area contributed by atoms with Crippen molar-refractivity contribution in [2.24, 2.45) is 0 Å². The number of ether oxygens (including phenoxy) is 2. The molecule has 5 rings (SSSR count). The monoisotopic (exact) mass is 327 g/mol. The van der Waals surface area contributed by atoms with E-state index in [1.807, 2.05) is 4.90 Å². The zero-order chi connectivity index (χ0) is 16.1. The Balaban J connectivity index is 1.40. The largest absolute Gasteiger partial charge is 0.454 e. The molecule has 0 bridgehead atoms. The number of hydrogen-bond acceptors (Lipinski definition) is 6. The normalized spacial score (nSPS) is 22.2. The highest BCUT2D eigenvalue weighted by atomic mass is 16.7. The van der Waals surface area contributed by atoms with E-state index in [9.17, 15) is 4.79 Å². The Labute approximate surface area is 138 Å². The van der Waals surface area contributed by atoms with Crippen molar-refractivity contribution in [3.63, 3.8) is 0 Å². The van der Waals surface area contributed by atoms with E-state index in [-0.39, 0.29) is 18.7 Å². The Morgan fingerprint density at radius 1 is 1.17 bits per heavy atom. The summed E-state index contributed by atoms with van der Waals surface area (Å²) in [6.45, 7) is 0.900. The summed E-state index contributed by atoms with van der Waals surface area (Å²) in [5.74, 6) is 3.03. The molecule has 1 saturated heterocycles. The van der Waals surface area contributed by atoms with Gasteiger partial charge in [0.25, 0.3) is 5.91 Å². The molecular weight excluding hydrogens is 310 g/mol. The summed E-state index contributed by atoms with van der Waals surface area (Å²) in [5, 5.41) is 4.12. The van der Waals surface area contributed by atoms with Gasteiger partial charge in [-0.2, -0.15) is 4.98 Å². The van der Waals surface area contributed by atoms with Gasteiger partial charge in [0.2, 0.25) is 12.7 Å². The number of likely N-dealkylation sites (tertiary alicyclic amines) is 1. The van der Waals surface area contributed by atoms with Crippen molar-refractivity contribution in [1.82, 2.24) is 15.0 Å². The number of rotatable bonds is 3. The number of fused-ring (bicyclic) bond motifs is 1. The van der Waals surface area contributed by atoms with Crippen LogP contribution in [0.15, 0.2) is 22.7 Å². The highest BCUT2D eigenvalue weighted by Gasteiger charge is 2.36. The number of nitrogens with zero attached hydrogens (tertiary/aromatic N) is 3. The maximum atomic E-state index is 12.9. The number of hydrogen-bond donors (Lipinski definition) is 0. The first-order chi connectivity index (χ1) is 11.8. The number of aromatic nitrogens is 2. The molecule has 0 radical (unpaired) electrons. The minimum absolute atomic E-state index is 0.0337. The zero-order valence-corrected chi connectivity index (χ0v) is 13.1. The fourth-order valence-corrected chi connectivity index (χ4v) is 3.35. The first kappa shape index (κ1) is 13.8. The molecule has 3 aliphatic rings. The lowest BCUT2D eigenvalue weighted by molar-refractivity contribution is 0.0728. The van der Waals surface area contributed by atoms with Crippen LogP contribution in [0.5, 0.6) is 11.5 Å². The predicted molar refractivity (Wildman–Crippen MR) is 81.8 cm³/mol.